The van der Waals surface area contributed by atoms with Crippen molar-refractivity contribution in [2.24, 2.45) is 0 Å². The van der Waals surface area contributed by atoms with Crippen molar-refractivity contribution in [3.63, 3.8) is 0 Å². The van der Waals surface area contributed by atoms with Crippen LogP contribution < -0.4 is 10.2 Å². The maximum absolute atomic E-state index is 14.0. The van der Waals surface area contributed by atoms with Crippen LogP contribution in [0.2, 0.25) is 0 Å². The summed E-state index contributed by atoms with van der Waals surface area (Å²) >= 11 is 0. The van der Waals surface area contributed by atoms with Crippen LogP contribution in [0.4, 0.5) is 19.3 Å². The summed E-state index contributed by atoms with van der Waals surface area (Å²) in [6.07, 6.45) is 1.49. The van der Waals surface area contributed by atoms with Gasteiger partial charge in [-0.1, -0.05) is 12.1 Å². The number of urea groups is 1. The molecule has 1 fully saturated rings. The zero-order valence-electron chi connectivity index (χ0n) is 17.5. The first-order valence-corrected chi connectivity index (χ1v) is 10.8. The molecule has 9 heteroatoms. The second-order valence-corrected chi connectivity index (χ2v) is 8.17. The van der Waals surface area contributed by atoms with Crippen LogP contribution in [0, 0.1) is 11.6 Å². The van der Waals surface area contributed by atoms with Gasteiger partial charge < -0.3 is 19.7 Å². The molecule has 1 aromatic heterocycles. The van der Waals surface area contributed by atoms with E-state index in [2.05, 4.69) is 15.5 Å². The van der Waals surface area contributed by atoms with Crippen LogP contribution in [0.3, 0.4) is 0 Å². The predicted molar refractivity (Wildman–Crippen MR) is 116 cm³/mol. The minimum Gasteiger partial charge on any atom is -0.366 e. The molecule has 1 N–H and O–H groups in total. The number of rotatable bonds is 3. The van der Waals surface area contributed by atoms with Gasteiger partial charge in [-0.25, -0.2) is 13.6 Å². The summed E-state index contributed by atoms with van der Waals surface area (Å²) in [6.45, 7) is 2.81. The molecule has 3 heterocycles. The fourth-order valence-electron chi connectivity index (χ4n) is 4.38. The Morgan fingerprint density at radius 2 is 1.72 bits per heavy atom. The van der Waals surface area contributed by atoms with Gasteiger partial charge in [0.05, 0.1) is 5.69 Å². The van der Waals surface area contributed by atoms with Crippen molar-refractivity contribution in [2.75, 3.05) is 31.1 Å². The maximum atomic E-state index is 14.0. The van der Waals surface area contributed by atoms with Gasteiger partial charge in [0, 0.05) is 50.7 Å². The highest BCUT2D eigenvalue weighted by Gasteiger charge is 2.28. The van der Waals surface area contributed by atoms with E-state index in [1.165, 1.54) is 18.2 Å². The number of hydrogen-bond donors (Lipinski definition) is 1. The topological polar surface area (TPSA) is 66.3 Å². The average Bonchev–Trinajstić information content (AvgIpc) is 3.23. The number of aromatic nitrogens is 3. The van der Waals surface area contributed by atoms with Gasteiger partial charge in [0.1, 0.15) is 17.5 Å². The van der Waals surface area contributed by atoms with Gasteiger partial charge in [-0.15, -0.1) is 10.2 Å². The minimum absolute atomic E-state index is 0.0465. The third-order valence-electron chi connectivity index (χ3n) is 6.14. The van der Waals surface area contributed by atoms with Crippen molar-refractivity contribution in [1.29, 1.82) is 0 Å². The molecule has 0 radical (unpaired) electrons. The Morgan fingerprint density at radius 1 is 0.969 bits per heavy atom. The lowest BCUT2D eigenvalue weighted by Crippen LogP contribution is -2.54. The van der Waals surface area contributed by atoms with Crippen LogP contribution >= 0.6 is 0 Å². The summed E-state index contributed by atoms with van der Waals surface area (Å²) in [4.78, 5) is 16.6. The number of benzene rings is 2. The Morgan fingerprint density at radius 3 is 2.47 bits per heavy atom. The number of nitrogens with one attached hydrogen (secondary N) is 1. The molecule has 2 aromatic carbocycles. The molecule has 32 heavy (non-hydrogen) atoms. The summed E-state index contributed by atoms with van der Waals surface area (Å²) in [5, 5.41) is 11.7. The Labute approximate surface area is 184 Å². The number of nitrogens with zero attached hydrogens (tertiary/aromatic N) is 5. The number of amides is 2. The van der Waals surface area contributed by atoms with Crippen molar-refractivity contribution in [3.8, 4) is 11.4 Å². The zero-order valence-corrected chi connectivity index (χ0v) is 17.5. The van der Waals surface area contributed by atoms with Crippen molar-refractivity contribution < 1.29 is 13.6 Å². The molecule has 0 aliphatic carbocycles. The van der Waals surface area contributed by atoms with Gasteiger partial charge in [-0.05, 0) is 42.8 Å². The van der Waals surface area contributed by atoms with E-state index in [1.807, 2.05) is 15.5 Å². The standard InChI is InChI=1S/C23H24F2N6O/c24-17-7-5-16(6-8-17)22-28-27-21-10-9-18(15-31(21)22)26-23(32)30-13-11-29(12-14-30)20-4-2-1-3-19(20)25/h1-8,18H,9-15H2,(H,26,32). The SMILES string of the molecule is O=C(NC1CCc2nnc(-c3ccc(F)cc3)n2C1)N1CCN(c2ccccc2F)CC1. The maximum Gasteiger partial charge on any atom is 0.317 e. The molecule has 2 aliphatic heterocycles. The lowest BCUT2D eigenvalue weighted by atomic mass is 10.1. The molecule has 1 atom stereocenters. The molecule has 1 unspecified atom stereocenters. The molecule has 2 aliphatic rings. The first-order chi connectivity index (χ1) is 15.6. The van der Waals surface area contributed by atoms with Gasteiger partial charge in [0.25, 0.3) is 0 Å². The van der Waals surface area contributed by atoms with Crippen LogP contribution in [0.15, 0.2) is 48.5 Å². The molecule has 2 amide bonds. The van der Waals surface area contributed by atoms with Gasteiger partial charge >= 0.3 is 6.03 Å². The number of aryl methyl sites for hydroxylation is 1. The van der Waals surface area contributed by atoms with Crippen LogP contribution in [0.1, 0.15) is 12.2 Å². The van der Waals surface area contributed by atoms with Crippen molar-refractivity contribution in [2.45, 2.75) is 25.4 Å². The Balaban J connectivity index is 1.20. The van der Waals surface area contributed by atoms with E-state index in [-0.39, 0.29) is 23.7 Å². The van der Waals surface area contributed by atoms with Gasteiger partial charge in [0.15, 0.2) is 5.82 Å². The van der Waals surface area contributed by atoms with Gasteiger partial charge in [-0.3, -0.25) is 0 Å². The van der Waals surface area contributed by atoms with Crippen LogP contribution in [0.25, 0.3) is 11.4 Å². The molecule has 5 rings (SSSR count). The summed E-state index contributed by atoms with van der Waals surface area (Å²) in [6, 6.07) is 12.7. The van der Waals surface area contributed by atoms with Crippen molar-refractivity contribution >= 4 is 11.7 Å². The minimum atomic E-state index is -0.299. The number of piperazine rings is 1. The highest BCUT2D eigenvalue weighted by atomic mass is 19.1. The predicted octanol–water partition coefficient (Wildman–Crippen LogP) is 3.07. The van der Waals surface area contributed by atoms with Crippen LogP contribution in [0.5, 0.6) is 0 Å². The summed E-state index contributed by atoms with van der Waals surface area (Å²) in [5.74, 6) is 1.01. The van der Waals surface area contributed by atoms with Gasteiger partial charge in [0.2, 0.25) is 0 Å². The zero-order chi connectivity index (χ0) is 22.1. The van der Waals surface area contributed by atoms with E-state index >= 15 is 0 Å². The monoisotopic (exact) mass is 438 g/mol. The highest BCUT2D eigenvalue weighted by Crippen LogP contribution is 2.24. The molecular formula is C23H24F2N6O. The summed E-state index contributed by atoms with van der Waals surface area (Å²) in [7, 11) is 0. The molecule has 7 nitrogen and oxygen atoms in total. The molecule has 166 valence electrons. The van der Waals surface area contributed by atoms with E-state index < -0.39 is 0 Å². The van der Waals surface area contributed by atoms with Crippen LogP contribution in [-0.2, 0) is 13.0 Å². The molecule has 3 aromatic rings. The van der Waals surface area contributed by atoms with E-state index in [4.69, 9.17) is 0 Å². The molecule has 1 saturated heterocycles. The molecule has 0 saturated carbocycles. The smallest absolute Gasteiger partial charge is 0.317 e. The molecular weight excluding hydrogens is 414 g/mol. The number of hydrogen-bond acceptors (Lipinski definition) is 4. The van der Waals surface area contributed by atoms with Crippen molar-refractivity contribution in [3.05, 3.63) is 66.0 Å². The fourth-order valence-corrected chi connectivity index (χ4v) is 4.38. The number of carbonyl (C=O) groups is 1. The highest BCUT2D eigenvalue weighted by molar-refractivity contribution is 5.75. The number of carbonyl (C=O) groups excluding carboxylic acids is 1. The second-order valence-electron chi connectivity index (χ2n) is 8.17. The number of para-hydroxylation sites is 1. The Hall–Kier alpha value is -3.49. The fraction of sp³-hybridized carbons (Fsp3) is 0.348. The molecule has 0 spiro atoms. The lowest BCUT2D eigenvalue weighted by Gasteiger charge is -2.37. The lowest BCUT2D eigenvalue weighted by molar-refractivity contribution is 0.186. The normalized spacial score (nSPS) is 18.4. The van der Waals surface area contributed by atoms with E-state index in [1.54, 1.807) is 29.2 Å². The number of fused-ring (bicyclic) bond motifs is 1. The summed E-state index contributed by atoms with van der Waals surface area (Å²) in [5.41, 5.74) is 1.37. The third kappa shape index (κ3) is 4.02. The van der Waals surface area contributed by atoms with E-state index in [0.717, 1.165) is 17.8 Å². The largest absolute Gasteiger partial charge is 0.366 e. The van der Waals surface area contributed by atoms with E-state index in [0.29, 0.717) is 50.7 Å². The average molecular weight is 438 g/mol. The number of anilines is 1. The third-order valence-corrected chi connectivity index (χ3v) is 6.14. The van der Waals surface area contributed by atoms with Crippen molar-refractivity contribution in [1.82, 2.24) is 25.0 Å². The quantitative estimate of drug-likeness (QED) is 0.683. The Kier molecular flexibility index (Phi) is 5.46. The summed E-state index contributed by atoms with van der Waals surface area (Å²) < 4.78 is 29.3. The second kappa shape index (κ2) is 8.57. The van der Waals surface area contributed by atoms with E-state index in [9.17, 15) is 13.6 Å². The first kappa shape index (κ1) is 20.4. The van der Waals surface area contributed by atoms with Crippen LogP contribution in [-0.4, -0.2) is 57.9 Å². The first-order valence-electron chi connectivity index (χ1n) is 10.8. The number of halogens is 2. The molecule has 0 bridgehead atoms. The Bertz CT molecular complexity index is 1110. The van der Waals surface area contributed by atoms with Gasteiger partial charge in [-0.2, -0.15) is 0 Å².